The minimum atomic E-state index is -0.268. The van der Waals surface area contributed by atoms with Gasteiger partial charge in [0, 0.05) is 8.80 Å². The van der Waals surface area contributed by atoms with Crippen molar-refractivity contribution < 1.29 is 51.0 Å². The van der Waals surface area contributed by atoms with Gasteiger partial charge in [0.2, 0.25) is 0 Å². The summed E-state index contributed by atoms with van der Waals surface area (Å²) in [5.74, 6) is 0.694. The number of fused-ring (bicyclic) bond motifs is 3. The van der Waals surface area contributed by atoms with E-state index in [9.17, 15) is 0 Å². The monoisotopic (exact) mass is 519 g/mol. The Labute approximate surface area is 210 Å². The van der Waals surface area contributed by atoms with Crippen LogP contribution in [0.15, 0.2) is 71.4 Å². The normalized spacial score (nSPS) is 11.9. The summed E-state index contributed by atoms with van der Waals surface area (Å²) in [5, 5.41) is 6.94. The van der Waals surface area contributed by atoms with Gasteiger partial charge in [0.25, 0.3) is 0 Å². The van der Waals surface area contributed by atoms with Gasteiger partial charge in [-0.25, -0.2) is 5.20 Å². The molecule has 0 heterocycles. The number of hydrogen-bond acceptors (Lipinski definition) is 0. The molecule has 1 radical (unpaired) electrons. The summed E-state index contributed by atoms with van der Waals surface area (Å²) in [7, 11) is -0.268. The van der Waals surface area contributed by atoms with Crippen molar-refractivity contribution >= 4 is 30.3 Å². The predicted octanol–water partition coefficient (Wildman–Crippen LogP) is 1.74. The summed E-state index contributed by atoms with van der Waals surface area (Å²) in [6.07, 6.45) is 6.84. The van der Waals surface area contributed by atoms with E-state index in [4.69, 9.17) is 0 Å². The number of benzene rings is 2. The third-order valence-corrected chi connectivity index (χ3v) is 6.00. The topological polar surface area (TPSA) is 0 Å². The van der Waals surface area contributed by atoms with Crippen molar-refractivity contribution in [3.05, 3.63) is 77.5 Å². The molecular formula is C25H31Cl2SiZr. The molecule has 29 heavy (non-hydrogen) atoms. The van der Waals surface area contributed by atoms with Crippen LogP contribution in [0.1, 0.15) is 34.1 Å². The molecule has 1 aliphatic carbocycles. The Balaban J connectivity index is 0. The third-order valence-electron chi connectivity index (χ3n) is 4.53. The van der Waals surface area contributed by atoms with E-state index < -0.39 is 0 Å². The average Bonchev–Trinajstić information content (AvgIpc) is 3.29. The molecule has 1 aliphatic rings. The molecule has 0 nitrogen and oxygen atoms in total. The Morgan fingerprint density at radius 3 is 1.69 bits per heavy atom. The quantitative estimate of drug-likeness (QED) is 0.356. The molecule has 0 unspecified atom stereocenters. The van der Waals surface area contributed by atoms with E-state index in [1.807, 2.05) is 13.8 Å². The van der Waals surface area contributed by atoms with Gasteiger partial charge in [0.05, 0.1) is 0 Å². The summed E-state index contributed by atoms with van der Waals surface area (Å²) < 4.78 is 0. The van der Waals surface area contributed by atoms with Crippen molar-refractivity contribution in [2.75, 3.05) is 0 Å². The molecule has 0 saturated heterocycles. The zero-order chi connectivity index (χ0) is 19.1. The first-order valence-electron chi connectivity index (χ1n) is 9.73. The van der Waals surface area contributed by atoms with Crippen molar-refractivity contribution in [3.8, 4) is 0 Å². The molecule has 0 aliphatic heterocycles. The molecule has 3 aromatic rings. The molecule has 0 N–H and O–H groups in total. The zero-order valence-corrected chi connectivity index (χ0v) is 23.3. The average molecular weight is 522 g/mol. The second-order valence-electron chi connectivity index (χ2n) is 6.89. The van der Waals surface area contributed by atoms with Crippen LogP contribution in [0.3, 0.4) is 0 Å². The smallest absolute Gasteiger partial charge is 1.00 e. The fraction of sp³-hybridized carbons (Fsp3) is 0.320. The Kier molecular flexibility index (Phi) is 16.2. The molecule has 0 spiro atoms. The molecular weight excluding hydrogens is 490 g/mol. The summed E-state index contributed by atoms with van der Waals surface area (Å²) in [4.78, 5) is 0. The van der Waals surface area contributed by atoms with E-state index in [0.29, 0.717) is 5.92 Å². The molecule has 4 rings (SSSR count). The Hall–Kier alpha value is -0.530. The van der Waals surface area contributed by atoms with Crippen molar-refractivity contribution in [1.29, 1.82) is 0 Å². The van der Waals surface area contributed by atoms with E-state index >= 15 is 0 Å². The number of halogens is 2. The van der Waals surface area contributed by atoms with Crippen molar-refractivity contribution in [1.82, 2.24) is 0 Å². The molecule has 0 aromatic heterocycles. The summed E-state index contributed by atoms with van der Waals surface area (Å²) >= 11 is 0. The van der Waals surface area contributed by atoms with Crippen LogP contribution in [-0.2, 0) is 26.2 Å². The molecule has 0 saturated carbocycles. The molecule has 0 atom stereocenters. The molecule has 153 valence electrons. The number of hydrogen-bond donors (Lipinski definition) is 0. The van der Waals surface area contributed by atoms with Gasteiger partial charge in [-0.3, -0.25) is 6.08 Å². The first-order valence-corrected chi connectivity index (χ1v) is 12.2. The first-order chi connectivity index (χ1) is 12.6. The molecule has 3 aromatic carbocycles. The van der Waals surface area contributed by atoms with Gasteiger partial charge in [0.15, 0.2) is 0 Å². The van der Waals surface area contributed by atoms with Gasteiger partial charge in [-0.1, -0.05) is 83.1 Å². The largest absolute Gasteiger partial charge is 4.00 e. The van der Waals surface area contributed by atoms with E-state index in [1.165, 1.54) is 21.5 Å². The van der Waals surface area contributed by atoms with Gasteiger partial charge in [-0.05, 0) is 0 Å². The van der Waals surface area contributed by atoms with E-state index in [0.717, 1.165) is 6.42 Å². The van der Waals surface area contributed by atoms with Crippen LogP contribution >= 0.6 is 0 Å². The van der Waals surface area contributed by atoms with Gasteiger partial charge in [-0.15, -0.1) is 46.2 Å². The summed E-state index contributed by atoms with van der Waals surface area (Å²) in [6, 6.07) is 19.3. The van der Waals surface area contributed by atoms with Crippen LogP contribution in [-0.4, -0.2) is 8.80 Å². The maximum absolute atomic E-state index is 3.46. The molecule has 4 heteroatoms. The van der Waals surface area contributed by atoms with E-state index in [1.54, 1.807) is 10.8 Å². The first kappa shape index (κ1) is 30.7. The zero-order valence-electron chi connectivity index (χ0n) is 18.3. The van der Waals surface area contributed by atoms with Gasteiger partial charge in [0.1, 0.15) is 0 Å². The maximum atomic E-state index is 3.46. The van der Waals surface area contributed by atoms with Gasteiger partial charge >= 0.3 is 26.2 Å². The Bertz CT molecular complexity index is 835. The molecule has 0 amide bonds. The van der Waals surface area contributed by atoms with E-state index in [2.05, 4.69) is 93.7 Å². The van der Waals surface area contributed by atoms with Crippen molar-refractivity contribution in [2.24, 2.45) is 5.92 Å². The second-order valence-corrected chi connectivity index (χ2v) is 9.39. The number of allylic oxidation sites excluding steroid dienone is 4. The van der Waals surface area contributed by atoms with Crippen LogP contribution in [0.2, 0.25) is 13.1 Å². The van der Waals surface area contributed by atoms with Crippen molar-refractivity contribution in [3.63, 3.8) is 0 Å². The minimum Gasteiger partial charge on any atom is -1.00 e. The Morgan fingerprint density at radius 2 is 1.31 bits per heavy atom. The molecule has 0 bridgehead atoms. The van der Waals surface area contributed by atoms with Crippen LogP contribution in [0, 0.1) is 12.0 Å². The standard InChI is InChI=1S/C13H9.C10H16Si.C2H6.2ClH.Zr/c1-3-7-12-10(5-1)9-11-6-2-4-8-13(11)12;1-8(2)9-6-5-7-10(9)11(3)4;1-2;;;/h1-9H;6,8H,5H2,1-4H3;1-2H3;2*1H;/q2*-1;;;;+4/p-2. The SMILES string of the molecule is CC.CC(C)C1=CC[C-]=C1[Si](C)C.[Cl-].[Cl-].[Zr+4].c1ccc2c(c1)[cH-]c1ccccc12. The fourth-order valence-corrected chi connectivity index (χ4v) is 4.78. The maximum Gasteiger partial charge on any atom is 4.00 e. The summed E-state index contributed by atoms with van der Waals surface area (Å²) in [5.41, 5.74) is 1.56. The second kappa shape index (κ2) is 15.3. The van der Waals surface area contributed by atoms with E-state index in [-0.39, 0.29) is 59.8 Å². The molecule has 0 fully saturated rings. The predicted molar refractivity (Wildman–Crippen MR) is 120 cm³/mol. The number of rotatable bonds is 2. The van der Waals surface area contributed by atoms with Gasteiger partial charge < -0.3 is 24.8 Å². The fourth-order valence-electron chi connectivity index (χ4n) is 3.36. The van der Waals surface area contributed by atoms with Crippen LogP contribution in [0.4, 0.5) is 0 Å². The minimum absolute atomic E-state index is 0. The van der Waals surface area contributed by atoms with Crippen LogP contribution in [0.25, 0.3) is 21.5 Å². The van der Waals surface area contributed by atoms with Crippen LogP contribution in [0.5, 0.6) is 0 Å². The van der Waals surface area contributed by atoms with Crippen LogP contribution < -0.4 is 24.8 Å². The Morgan fingerprint density at radius 1 is 0.862 bits per heavy atom. The summed E-state index contributed by atoms with van der Waals surface area (Å²) in [6.45, 7) is 13.2. The van der Waals surface area contributed by atoms with Gasteiger partial charge in [-0.2, -0.15) is 11.6 Å². The third kappa shape index (κ3) is 7.91. The van der Waals surface area contributed by atoms with Crippen molar-refractivity contribution in [2.45, 2.75) is 47.2 Å².